The van der Waals surface area contributed by atoms with Crippen molar-refractivity contribution in [3.63, 3.8) is 0 Å². The van der Waals surface area contributed by atoms with E-state index in [0.717, 1.165) is 28.8 Å². The Morgan fingerprint density at radius 3 is 3.05 bits per heavy atom. The average Bonchev–Trinajstić information content (AvgIpc) is 2.75. The molecule has 0 atom stereocenters. The van der Waals surface area contributed by atoms with Crippen LogP contribution in [0, 0.1) is 0 Å². The first-order valence-corrected chi connectivity index (χ1v) is 7.20. The van der Waals surface area contributed by atoms with Crippen molar-refractivity contribution in [2.75, 3.05) is 13.2 Å². The van der Waals surface area contributed by atoms with Gasteiger partial charge in [0.15, 0.2) is 0 Å². The smallest absolute Gasteiger partial charge is 0.320 e. The van der Waals surface area contributed by atoms with Gasteiger partial charge in [0.25, 0.3) is 0 Å². The number of hydrogen-bond acceptors (Lipinski definition) is 4. The first-order chi connectivity index (χ1) is 9.06. The van der Waals surface area contributed by atoms with Crippen LogP contribution in [0.15, 0.2) is 16.6 Å². The fourth-order valence-corrected chi connectivity index (χ4v) is 2.63. The van der Waals surface area contributed by atoms with Gasteiger partial charge in [-0.25, -0.2) is 0 Å². The molecule has 0 amide bonds. The summed E-state index contributed by atoms with van der Waals surface area (Å²) < 4.78 is 11.7. The summed E-state index contributed by atoms with van der Waals surface area (Å²) in [5, 5.41) is 3.09. The molecule has 19 heavy (non-hydrogen) atoms. The minimum atomic E-state index is -0.234. The summed E-state index contributed by atoms with van der Waals surface area (Å²) in [5.41, 5.74) is 2.29. The molecule has 0 fully saturated rings. The van der Waals surface area contributed by atoms with Gasteiger partial charge < -0.3 is 14.8 Å². The van der Waals surface area contributed by atoms with Crippen LogP contribution in [0.4, 0.5) is 0 Å². The standard InChI is InChI=1S/C14H18BrNO3/c1-9(2)19-13(17)8-16-7-11-6-12(15)5-10-3-4-18-14(10)11/h5-6,9,16H,3-4,7-8H2,1-2H3. The van der Waals surface area contributed by atoms with Gasteiger partial charge in [-0.05, 0) is 31.5 Å². The van der Waals surface area contributed by atoms with Gasteiger partial charge in [0.05, 0.1) is 19.3 Å². The van der Waals surface area contributed by atoms with Gasteiger partial charge in [-0.1, -0.05) is 15.9 Å². The Bertz CT molecular complexity index is 474. The maximum Gasteiger partial charge on any atom is 0.320 e. The summed E-state index contributed by atoms with van der Waals surface area (Å²) >= 11 is 3.49. The molecule has 0 radical (unpaired) electrons. The molecule has 0 spiro atoms. The summed E-state index contributed by atoms with van der Waals surface area (Å²) in [6.07, 6.45) is 0.865. The lowest BCUT2D eigenvalue weighted by molar-refractivity contribution is -0.146. The molecule has 1 aliphatic heterocycles. The van der Waals surface area contributed by atoms with Crippen molar-refractivity contribution in [1.29, 1.82) is 0 Å². The molecule has 1 N–H and O–H groups in total. The van der Waals surface area contributed by atoms with Crippen molar-refractivity contribution in [1.82, 2.24) is 5.32 Å². The molecule has 0 saturated heterocycles. The molecule has 2 rings (SSSR count). The lowest BCUT2D eigenvalue weighted by atomic mass is 10.1. The van der Waals surface area contributed by atoms with E-state index in [1.54, 1.807) is 0 Å². The Balaban J connectivity index is 1.92. The number of ether oxygens (including phenoxy) is 2. The van der Waals surface area contributed by atoms with Crippen LogP contribution in [-0.2, 0) is 22.5 Å². The second-order valence-corrected chi connectivity index (χ2v) is 5.71. The van der Waals surface area contributed by atoms with Gasteiger partial charge >= 0.3 is 5.97 Å². The predicted octanol–water partition coefficient (Wildman–Crippen LogP) is 2.43. The maximum atomic E-state index is 11.4. The molecular formula is C14H18BrNO3. The average molecular weight is 328 g/mol. The topological polar surface area (TPSA) is 47.6 Å². The molecule has 0 aliphatic carbocycles. The second-order valence-electron chi connectivity index (χ2n) is 4.79. The Hall–Kier alpha value is -1.07. The molecule has 0 bridgehead atoms. The molecule has 104 valence electrons. The van der Waals surface area contributed by atoms with Crippen LogP contribution in [0.2, 0.25) is 0 Å². The van der Waals surface area contributed by atoms with Crippen molar-refractivity contribution in [2.24, 2.45) is 0 Å². The van der Waals surface area contributed by atoms with Gasteiger partial charge in [0.1, 0.15) is 5.75 Å². The largest absolute Gasteiger partial charge is 0.493 e. The first kappa shape index (κ1) is 14.3. The SMILES string of the molecule is CC(C)OC(=O)CNCc1cc(Br)cc2c1OCC2. The number of halogens is 1. The minimum absolute atomic E-state index is 0.0762. The van der Waals surface area contributed by atoms with Crippen LogP contribution >= 0.6 is 15.9 Å². The van der Waals surface area contributed by atoms with Crippen molar-refractivity contribution in [2.45, 2.75) is 32.9 Å². The quantitative estimate of drug-likeness (QED) is 0.844. The normalized spacial score (nSPS) is 13.3. The van der Waals surface area contributed by atoms with E-state index in [9.17, 15) is 4.79 Å². The molecule has 1 heterocycles. The predicted molar refractivity (Wildman–Crippen MR) is 76.3 cm³/mol. The van der Waals surface area contributed by atoms with E-state index < -0.39 is 0 Å². The number of hydrogen-bond donors (Lipinski definition) is 1. The highest BCUT2D eigenvalue weighted by Crippen LogP contribution is 2.32. The Morgan fingerprint density at radius 2 is 2.32 bits per heavy atom. The van der Waals surface area contributed by atoms with Crippen LogP contribution in [0.5, 0.6) is 5.75 Å². The molecular weight excluding hydrogens is 310 g/mol. The van der Waals surface area contributed by atoms with E-state index in [-0.39, 0.29) is 18.6 Å². The zero-order valence-corrected chi connectivity index (χ0v) is 12.7. The number of carbonyl (C=O) groups is 1. The highest BCUT2D eigenvalue weighted by atomic mass is 79.9. The zero-order chi connectivity index (χ0) is 13.8. The van der Waals surface area contributed by atoms with Gasteiger partial charge in [0, 0.05) is 23.0 Å². The second kappa shape index (κ2) is 6.39. The number of esters is 1. The van der Waals surface area contributed by atoms with Gasteiger partial charge in [0.2, 0.25) is 0 Å². The van der Waals surface area contributed by atoms with Crippen LogP contribution in [0.1, 0.15) is 25.0 Å². The molecule has 1 aromatic carbocycles. The van der Waals surface area contributed by atoms with E-state index in [2.05, 4.69) is 27.3 Å². The van der Waals surface area contributed by atoms with E-state index in [1.165, 1.54) is 5.56 Å². The highest BCUT2D eigenvalue weighted by Gasteiger charge is 2.17. The lowest BCUT2D eigenvalue weighted by Crippen LogP contribution is -2.26. The molecule has 4 nitrogen and oxygen atoms in total. The van der Waals surface area contributed by atoms with Crippen molar-refractivity contribution < 1.29 is 14.3 Å². The molecule has 0 unspecified atom stereocenters. The number of nitrogens with one attached hydrogen (secondary N) is 1. The molecule has 0 saturated carbocycles. The number of benzene rings is 1. The minimum Gasteiger partial charge on any atom is -0.493 e. The van der Waals surface area contributed by atoms with Crippen LogP contribution in [0.3, 0.4) is 0 Å². The summed E-state index contributed by atoms with van der Waals surface area (Å²) in [4.78, 5) is 11.4. The van der Waals surface area contributed by atoms with Crippen molar-refractivity contribution >= 4 is 21.9 Å². The number of fused-ring (bicyclic) bond motifs is 1. The summed E-state index contributed by atoms with van der Waals surface area (Å²) in [7, 11) is 0. The molecule has 0 aromatic heterocycles. The van der Waals surface area contributed by atoms with Crippen molar-refractivity contribution in [3.8, 4) is 5.75 Å². The maximum absolute atomic E-state index is 11.4. The van der Waals surface area contributed by atoms with Crippen molar-refractivity contribution in [3.05, 3.63) is 27.7 Å². The third-order valence-electron chi connectivity index (χ3n) is 2.78. The van der Waals surface area contributed by atoms with E-state index in [1.807, 2.05) is 19.9 Å². The van der Waals surface area contributed by atoms with Crippen LogP contribution in [-0.4, -0.2) is 25.2 Å². The van der Waals surface area contributed by atoms with Gasteiger partial charge in [-0.15, -0.1) is 0 Å². The molecule has 5 heteroatoms. The molecule has 1 aromatic rings. The van der Waals surface area contributed by atoms with Crippen LogP contribution < -0.4 is 10.1 Å². The lowest BCUT2D eigenvalue weighted by Gasteiger charge is -2.11. The Morgan fingerprint density at radius 1 is 1.53 bits per heavy atom. The van der Waals surface area contributed by atoms with E-state index in [0.29, 0.717) is 6.54 Å². The van der Waals surface area contributed by atoms with Crippen LogP contribution in [0.25, 0.3) is 0 Å². The van der Waals surface area contributed by atoms with E-state index >= 15 is 0 Å². The number of rotatable bonds is 5. The summed E-state index contributed by atoms with van der Waals surface area (Å²) in [6, 6.07) is 4.10. The van der Waals surface area contributed by atoms with Gasteiger partial charge in [-0.2, -0.15) is 0 Å². The highest BCUT2D eigenvalue weighted by molar-refractivity contribution is 9.10. The third-order valence-corrected chi connectivity index (χ3v) is 3.24. The van der Waals surface area contributed by atoms with E-state index in [4.69, 9.17) is 9.47 Å². The first-order valence-electron chi connectivity index (χ1n) is 6.40. The zero-order valence-electron chi connectivity index (χ0n) is 11.2. The molecule has 1 aliphatic rings. The van der Waals surface area contributed by atoms with Gasteiger partial charge in [-0.3, -0.25) is 4.79 Å². The Labute approximate surface area is 121 Å². The summed E-state index contributed by atoms with van der Waals surface area (Å²) in [5.74, 6) is 0.718. The fourth-order valence-electron chi connectivity index (χ4n) is 2.08. The third kappa shape index (κ3) is 3.94. The summed E-state index contributed by atoms with van der Waals surface area (Å²) in [6.45, 7) is 5.21. The number of carbonyl (C=O) groups excluding carboxylic acids is 1. The monoisotopic (exact) mass is 327 g/mol. The Kier molecular flexibility index (Phi) is 4.82. The fraction of sp³-hybridized carbons (Fsp3) is 0.500.